The van der Waals surface area contributed by atoms with Crippen LogP contribution in [0.2, 0.25) is 5.02 Å². The van der Waals surface area contributed by atoms with Crippen molar-refractivity contribution in [2.45, 2.75) is 13.0 Å². The Hall–Kier alpha value is -2.10. The number of ether oxygens (including phenoxy) is 1. The summed E-state index contributed by atoms with van der Waals surface area (Å²) in [5, 5.41) is 1.54. The van der Waals surface area contributed by atoms with Gasteiger partial charge in [0.1, 0.15) is 11.3 Å². The zero-order valence-electron chi connectivity index (χ0n) is 11.6. The molecule has 2 N–H and O–H groups in total. The molecule has 0 amide bonds. The van der Waals surface area contributed by atoms with Crippen LogP contribution in [0.15, 0.2) is 54.7 Å². The molecule has 1 heterocycles. The van der Waals surface area contributed by atoms with E-state index in [2.05, 4.69) is 4.98 Å². The lowest BCUT2D eigenvalue weighted by atomic mass is 10.1. The third kappa shape index (κ3) is 2.84. The average molecular weight is 299 g/mol. The minimum atomic E-state index is 0.0112. The molecule has 4 heteroatoms. The number of pyridine rings is 1. The topological polar surface area (TPSA) is 48.1 Å². The molecule has 0 aliphatic heterocycles. The smallest absolute Gasteiger partial charge is 0.153 e. The van der Waals surface area contributed by atoms with Crippen molar-refractivity contribution in [1.29, 1.82) is 0 Å². The zero-order valence-corrected chi connectivity index (χ0v) is 12.3. The van der Waals surface area contributed by atoms with Gasteiger partial charge < -0.3 is 10.5 Å². The Bertz CT molecular complexity index is 769. The number of nitrogens with zero attached hydrogens (tertiary/aromatic N) is 1. The van der Waals surface area contributed by atoms with Gasteiger partial charge >= 0.3 is 0 Å². The Morgan fingerprint density at radius 1 is 1.10 bits per heavy atom. The largest absolute Gasteiger partial charge is 0.455 e. The lowest BCUT2D eigenvalue weighted by molar-refractivity contribution is 0.487. The summed E-state index contributed by atoms with van der Waals surface area (Å²) >= 11 is 6.18. The van der Waals surface area contributed by atoms with Crippen molar-refractivity contribution in [3.05, 3.63) is 65.3 Å². The standard InChI is InChI=1S/C17H15ClN2O/c1-11(19)12-4-6-13(7-5-12)21-16-9-8-15(18)14-3-2-10-20-17(14)16/h2-11H,19H2,1H3. The third-order valence-corrected chi connectivity index (χ3v) is 3.64. The zero-order chi connectivity index (χ0) is 14.8. The van der Waals surface area contributed by atoms with E-state index >= 15 is 0 Å². The highest BCUT2D eigenvalue weighted by Crippen LogP contribution is 2.32. The van der Waals surface area contributed by atoms with Gasteiger partial charge in [0.05, 0.1) is 5.02 Å². The van der Waals surface area contributed by atoms with Gasteiger partial charge in [-0.2, -0.15) is 0 Å². The molecule has 2 aromatic carbocycles. The van der Waals surface area contributed by atoms with Crippen LogP contribution in [0.4, 0.5) is 0 Å². The maximum Gasteiger partial charge on any atom is 0.153 e. The highest BCUT2D eigenvalue weighted by Gasteiger charge is 2.08. The quantitative estimate of drug-likeness (QED) is 0.762. The summed E-state index contributed by atoms with van der Waals surface area (Å²) in [6.45, 7) is 1.95. The van der Waals surface area contributed by atoms with E-state index in [1.807, 2.05) is 55.5 Å². The first-order chi connectivity index (χ1) is 10.1. The van der Waals surface area contributed by atoms with Crippen LogP contribution < -0.4 is 10.5 Å². The molecule has 1 atom stereocenters. The van der Waals surface area contributed by atoms with Gasteiger partial charge in [0.2, 0.25) is 0 Å². The molecule has 106 valence electrons. The summed E-state index contributed by atoms with van der Waals surface area (Å²) < 4.78 is 5.92. The molecule has 0 saturated carbocycles. The Morgan fingerprint density at radius 2 is 1.86 bits per heavy atom. The number of benzene rings is 2. The van der Waals surface area contributed by atoms with Crippen molar-refractivity contribution in [2.75, 3.05) is 0 Å². The van der Waals surface area contributed by atoms with Gasteiger partial charge in [0, 0.05) is 17.6 Å². The van der Waals surface area contributed by atoms with Crippen LogP contribution in [0.5, 0.6) is 11.5 Å². The summed E-state index contributed by atoms with van der Waals surface area (Å²) in [5.41, 5.74) is 7.66. The summed E-state index contributed by atoms with van der Waals surface area (Å²) in [6, 6.07) is 15.2. The minimum Gasteiger partial charge on any atom is -0.455 e. The maximum absolute atomic E-state index is 6.18. The van der Waals surface area contributed by atoms with Crippen LogP contribution in [0, 0.1) is 0 Å². The summed E-state index contributed by atoms with van der Waals surface area (Å²) in [6.07, 6.45) is 1.73. The molecular formula is C17H15ClN2O. The van der Waals surface area contributed by atoms with E-state index < -0.39 is 0 Å². The molecule has 21 heavy (non-hydrogen) atoms. The first kappa shape index (κ1) is 13.9. The molecule has 3 nitrogen and oxygen atoms in total. The Labute approximate surface area is 128 Å². The Kier molecular flexibility index (Phi) is 3.78. The number of rotatable bonds is 3. The van der Waals surface area contributed by atoms with Crippen LogP contribution in [0.25, 0.3) is 10.9 Å². The third-order valence-electron chi connectivity index (χ3n) is 3.31. The molecule has 0 radical (unpaired) electrons. The predicted octanol–water partition coefficient (Wildman–Crippen LogP) is 4.70. The van der Waals surface area contributed by atoms with E-state index in [4.69, 9.17) is 22.1 Å². The highest BCUT2D eigenvalue weighted by molar-refractivity contribution is 6.35. The lowest BCUT2D eigenvalue weighted by Crippen LogP contribution is -2.04. The van der Waals surface area contributed by atoms with Crippen LogP contribution >= 0.6 is 11.6 Å². The van der Waals surface area contributed by atoms with Crippen molar-refractivity contribution in [1.82, 2.24) is 4.98 Å². The number of hydrogen-bond acceptors (Lipinski definition) is 3. The van der Waals surface area contributed by atoms with Gasteiger partial charge in [-0.3, -0.25) is 4.98 Å². The van der Waals surface area contributed by atoms with Crippen molar-refractivity contribution < 1.29 is 4.74 Å². The van der Waals surface area contributed by atoms with Crippen LogP contribution in [0.3, 0.4) is 0 Å². The first-order valence-corrected chi connectivity index (χ1v) is 7.09. The highest BCUT2D eigenvalue weighted by atomic mass is 35.5. The second-order valence-corrected chi connectivity index (χ2v) is 5.31. The number of fused-ring (bicyclic) bond motifs is 1. The SMILES string of the molecule is CC(N)c1ccc(Oc2ccc(Cl)c3cccnc23)cc1. The van der Waals surface area contributed by atoms with E-state index in [-0.39, 0.29) is 6.04 Å². The maximum atomic E-state index is 6.18. The molecule has 0 aliphatic carbocycles. The molecular weight excluding hydrogens is 284 g/mol. The van der Waals surface area contributed by atoms with E-state index in [1.165, 1.54) is 0 Å². The molecule has 3 rings (SSSR count). The van der Waals surface area contributed by atoms with Gasteiger partial charge in [-0.15, -0.1) is 0 Å². The van der Waals surface area contributed by atoms with Crippen molar-refractivity contribution >= 4 is 22.5 Å². The second-order valence-electron chi connectivity index (χ2n) is 4.90. The molecule has 0 aliphatic rings. The van der Waals surface area contributed by atoms with E-state index in [0.717, 1.165) is 22.2 Å². The fourth-order valence-corrected chi connectivity index (χ4v) is 2.38. The molecule has 0 saturated heterocycles. The average Bonchev–Trinajstić information content (AvgIpc) is 2.51. The van der Waals surface area contributed by atoms with Crippen molar-refractivity contribution in [3.8, 4) is 11.5 Å². The number of halogens is 1. The Balaban J connectivity index is 1.96. The van der Waals surface area contributed by atoms with Crippen molar-refractivity contribution in [3.63, 3.8) is 0 Å². The predicted molar refractivity (Wildman–Crippen MR) is 85.9 cm³/mol. The summed E-state index contributed by atoms with van der Waals surface area (Å²) in [4.78, 5) is 4.35. The lowest BCUT2D eigenvalue weighted by Gasteiger charge is -2.10. The van der Waals surface area contributed by atoms with E-state index in [9.17, 15) is 0 Å². The number of nitrogens with two attached hydrogens (primary N) is 1. The van der Waals surface area contributed by atoms with Crippen molar-refractivity contribution in [2.24, 2.45) is 5.73 Å². The van der Waals surface area contributed by atoms with Crippen LogP contribution in [-0.4, -0.2) is 4.98 Å². The fourth-order valence-electron chi connectivity index (χ4n) is 2.16. The van der Waals surface area contributed by atoms with Gasteiger partial charge in [0.25, 0.3) is 0 Å². The molecule has 3 aromatic rings. The molecule has 0 spiro atoms. The fraction of sp³-hybridized carbons (Fsp3) is 0.118. The molecule has 1 aromatic heterocycles. The normalized spacial score (nSPS) is 12.3. The number of aromatic nitrogens is 1. The molecule has 1 unspecified atom stereocenters. The number of hydrogen-bond donors (Lipinski definition) is 1. The monoisotopic (exact) mass is 298 g/mol. The Morgan fingerprint density at radius 3 is 2.57 bits per heavy atom. The van der Waals surface area contributed by atoms with Gasteiger partial charge in [-0.1, -0.05) is 23.7 Å². The van der Waals surface area contributed by atoms with Gasteiger partial charge in [0.15, 0.2) is 5.75 Å². The van der Waals surface area contributed by atoms with E-state index in [1.54, 1.807) is 6.20 Å². The van der Waals surface area contributed by atoms with E-state index in [0.29, 0.717) is 10.8 Å². The molecule has 0 fully saturated rings. The summed E-state index contributed by atoms with van der Waals surface area (Å²) in [5.74, 6) is 1.43. The minimum absolute atomic E-state index is 0.0112. The summed E-state index contributed by atoms with van der Waals surface area (Å²) in [7, 11) is 0. The first-order valence-electron chi connectivity index (χ1n) is 6.72. The van der Waals surface area contributed by atoms with Gasteiger partial charge in [-0.05, 0) is 48.9 Å². The van der Waals surface area contributed by atoms with Crippen LogP contribution in [0.1, 0.15) is 18.5 Å². The van der Waals surface area contributed by atoms with Gasteiger partial charge in [-0.25, -0.2) is 0 Å². The van der Waals surface area contributed by atoms with Crippen LogP contribution in [-0.2, 0) is 0 Å². The second kappa shape index (κ2) is 5.72. The molecule has 0 bridgehead atoms.